The topological polar surface area (TPSA) is 45.3 Å². The Bertz CT molecular complexity index is 608. The molecule has 0 radical (unpaired) electrons. The van der Waals surface area contributed by atoms with Crippen LogP contribution >= 0.6 is 0 Å². The number of fused-ring (bicyclic) bond motifs is 1. The van der Waals surface area contributed by atoms with Crippen LogP contribution in [0.4, 0.5) is 0 Å². The number of nitrogens with zero attached hydrogens (tertiary/aromatic N) is 3. The largest absolute Gasteiger partial charge is 0.454 e. The Kier molecular flexibility index (Phi) is 5.08. The zero-order chi connectivity index (χ0) is 17.1. The molecule has 1 amide bonds. The minimum absolute atomic E-state index is 0.296. The maximum absolute atomic E-state index is 12.5. The molecule has 0 atom stereocenters. The molecule has 0 bridgehead atoms. The van der Waals surface area contributed by atoms with Crippen molar-refractivity contribution in [3.8, 4) is 11.5 Å². The van der Waals surface area contributed by atoms with Crippen LogP contribution in [0.15, 0.2) is 18.2 Å². The van der Waals surface area contributed by atoms with Gasteiger partial charge in [-0.25, -0.2) is 0 Å². The minimum Gasteiger partial charge on any atom is -0.454 e. The Morgan fingerprint density at radius 3 is 2.44 bits per heavy atom. The van der Waals surface area contributed by atoms with Gasteiger partial charge in [0.2, 0.25) is 12.7 Å². The van der Waals surface area contributed by atoms with Crippen molar-refractivity contribution >= 4 is 5.91 Å². The van der Waals surface area contributed by atoms with Gasteiger partial charge in [-0.1, -0.05) is 12.5 Å². The zero-order valence-electron chi connectivity index (χ0n) is 14.8. The van der Waals surface area contributed by atoms with Crippen molar-refractivity contribution in [3.63, 3.8) is 0 Å². The van der Waals surface area contributed by atoms with Gasteiger partial charge >= 0.3 is 0 Å². The van der Waals surface area contributed by atoms with E-state index in [1.807, 2.05) is 11.0 Å². The average Bonchev–Trinajstić information content (AvgIpc) is 3.11. The number of likely N-dealkylation sites (tertiary alicyclic amines) is 1. The molecule has 0 saturated carbocycles. The first kappa shape index (κ1) is 16.7. The predicted molar refractivity (Wildman–Crippen MR) is 94.7 cm³/mol. The molecule has 2 saturated heterocycles. The van der Waals surface area contributed by atoms with Gasteiger partial charge in [0, 0.05) is 32.7 Å². The second-order valence-electron chi connectivity index (χ2n) is 7.18. The highest BCUT2D eigenvalue weighted by atomic mass is 16.7. The summed E-state index contributed by atoms with van der Waals surface area (Å²) >= 11 is 0. The number of piperazine rings is 1. The van der Waals surface area contributed by atoms with Crippen LogP contribution in [0.3, 0.4) is 0 Å². The van der Waals surface area contributed by atoms with Crippen LogP contribution in [0.2, 0.25) is 0 Å². The molecule has 25 heavy (non-hydrogen) atoms. The molecule has 1 aromatic rings. The lowest BCUT2D eigenvalue weighted by Crippen LogP contribution is -2.51. The first-order valence-electron chi connectivity index (χ1n) is 9.39. The van der Waals surface area contributed by atoms with Gasteiger partial charge in [-0.3, -0.25) is 14.6 Å². The van der Waals surface area contributed by atoms with Crippen LogP contribution in [0.5, 0.6) is 11.5 Å². The molecule has 0 aromatic heterocycles. The molecule has 0 aliphatic carbocycles. The van der Waals surface area contributed by atoms with E-state index in [1.165, 1.54) is 24.8 Å². The molecule has 0 unspecified atom stereocenters. The minimum atomic E-state index is 0.296. The fourth-order valence-corrected chi connectivity index (χ4v) is 3.86. The lowest BCUT2D eigenvalue weighted by atomic mass is 10.1. The molecule has 2 fully saturated rings. The van der Waals surface area contributed by atoms with Crippen LogP contribution in [0.1, 0.15) is 24.8 Å². The number of amides is 1. The number of carbonyl (C=O) groups excluding carboxylic acids is 1. The van der Waals surface area contributed by atoms with Crippen molar-refractivity contribution in [2.75, 3.05) is 52.6 Å². The third kappa shape index (κ3) is 4.07. The van der Waals surface area contributed by atoms with Crippen molar-refractivity contribution < 1.29 is 14.3 Å². The smallest absolute Gasteiger partial charge is 0.236 e. The molecule has 3 heterocycles. The molecule has 0 N–H and O–H groups in total. The molecule has 3 aliphatic rings. The molecule has 6 nitrogen and oxygen atoms in total. The van der Waals surface area contributed by atoms with Gasteiger partial charge in [0.15, 0.2) is 11.5 Å². The number of carbonyl (C=O) groups is 1. The fourth-order valence-electron chi connectivity index (χ4n) is 3.86. The highest BCUT2D eigenvalue weighted by molar-refractivity contribution is 5.78. The number of benzene rings is 1. The standard InChI is InChI=1S/C19H27N3O3/c23-19(14-20-6-2-1-3-7-20)22-10-8-21(9-11-22)13-16-4-5-17-18(12-16)25-15-24-17/h4-5,12H,1-3,6-11,13-15H2. The lowest BCUT2D eigenvalue weighted by Gasteiger charge is -2.36. The number of piperidine rings is 1. The highest BCUT2D eigenvalue weighted by Crippen LogP contribution is 2.32. The second kappa shape index (κ2) is 7.62. The summed E-state index contributed by atoms with van der Waals surface area (Å²) in [5.74, 6) is 1.97. The van der Waals surface area contributed by atoms with Gasteiger partial charge in [-0.2, -0.15) is 0 Å². The van der Waals surface area contributed by atoms with E-state index in [9.17, 15) is 4.79 Å². The highest BCUT2D eigenvalue weighted by Gasteiger charge is 2.23. The van der Waals surface area contributed by atoms with Crippen LogP contribution in [0.25, 0.3) is 0 Å². The first-order chi connectivity index (χ1) is 12.3. The number of hydrogen-bond acceptors (Lipinski definition) is 5. The van der Waals surface area contributed by atoms with Crippen LogP contribution in [0, 0.1) is 0 Å². The van der Waals surface area contributed by atoms with Crippen LogP contribution < -0.4 is 9.47 Å². The summed E-state index contributed by atoms with van der Waals surface area (Å²) in [6, 6.07) is 6.15. The lowest BCUT2D eigenvalue weighted by molar-refractivity contribution is -0.134. The Morgan fingerprint density at radius 1 is 0.880 bits per heavy atom. The van der Waals surface area contributed by atoms with Crippen molar-refractivity contribution in [1.29, 1.82) is 0 Å². The first-order valence-corrected chi connectivity index (χ1v) is 9.39. The van der Waals surface area contributed by atoms with Crippen molar-refractivity contribution in [3.05, 3.63) is 23.8 Å². The van der Waals surface area contributed by atoms with E-state index < -0.39 is 0 Å². The fraction of sp³-hybridized carbons (Fsp3) is 0.632. The summed E-state index contributed by atoms with van der Waals surface area (Å²) in [5.41, 5.74) is 1.23. The molecular formula is C19H27N3O3. The van der Waals surface area contributed by atoms with Crippen molar-refractivity contribution in [2.45, 2.75) is 25.8 Å². The molecular weight excluding hydrogens is 318 g/mol. The van der Waals surface area contributed by atoms with Gasteiger partial charge < -0.3 is 14.4 Å². The summed E-state index contributed by atoms with van der Waals surface area (Å²) in [7, 11) is 0. The molecule has 6 heteroatoms. The Balaban J connectivity index is 1.24. The van der Waals surface area contributed by atoms with Gasteiger partial charge in [-0.05, 0) is 43.6 Å². The Morgan fingerprint density at radius 2 is 1.64 bits per heavy atom. The van der Waals surface area contributed by atoms with Crippen LogP contribution in [-0.2, 0) is 11.3 Å². The SMILES string of the molecule is O=C(CN1CCCCC1)N1CCN(Cc2ccc3c(c2)OCO3)CC1. The molecule has 136 valence electrons. The van der Waals surface area contributed by atoms with E-state index in [1.54, 1.807) is 0 Å². The summed E-state index contributed by atoms with van der Waals surface area (Å²) in [5, 5.41) is 0. The van der Waals surface area contributed by atoms with Gasteiger partial charge in [0.1, 0.15) is 0 Å². The Labute approximate surface area is 149 Å². The van der Waals surface area contributed by atoms with E-state index in [2.05, 4.69) is 21.9 Å². The number of hydrogen-bond donors (Lipinski definition) is 0. The van der Waals surface area contributed by atoms with Gasteiger partial charge in [0.25, 0.3) is 0 Å². The second-order valence-corrected chi connectivity index (χ2v) is 7.18. The summed E-state index contributed by atoms with van der Waals surface area (Å²) in [6.45, 7) is 7.49. The van der Waals surface area contributed by atoms with E-state index in [-0.39, 0.29) is 0 Å². The van der Waals surface area contributed by atoms with E-state index in [0.717, 1.165) is 57.3 Å². The average molecular weight is 345 g/mol. The summed E-state index contributed by atoms with van der Waals surface area (Å²) in [4.78, 5) is 19.2. The zero-order valence-corrected chi connectivity index (χ0v) is 14.8. The predicted octanol–water partition coefficient (Wildman–Crippen LogP) is 1.55. The van der Waals surface area contributed by atoms with Gasteiger partial charge in [-0.15, -0.1) is 0 Å². The summed E-state index contributed by atoms with van der Waals surface area (Å²) in [6.07, 6.45) is 3.77. The Hall–Kier alpha value is -1.79. The third-order valence-corrected chi connectivity index (χ3v) is 5.38. The quantitative estimate of drug-likeness (QED) is 0.828. The molecule has 4 rings (SSSR count). The van der Waals surface area contributed by atoms with Crippen LogP contribution in [-0.4, -0.2) is 73.2 Å². The molecule has 0 spiro atoms. The van der Waals surface area contributed by atoms with E-state index >= 15 is 0 Å². The van der Waals surface area contributed by atoms with Crippen molar-refractivity contribution in [1.82, 2.24) is 14.7 Å². The number of ether oxygens (including phenoxy) is 2. The van der Waals surface area contributed by atoms with Gasteiger partial charge in [0.05, 0.1) is 6.54 Å². The maximum atomic E-state index is 12.5. The number of rotatable bonds is 4. The van der Waals surface area contributed by atoms with E-state index in [4.69, 9.17) is 9.47 Å². The van der Waals surface area contributed by atoms with Crippen molar-refractivity contribution in [2.24, 2.45) is 0 Å². The van der Waals surface area contributed by atoms with E-state index in [0.29, 0.717) is 19.2 Å². The normalized spacial score (nSPS) is 21.5. The maximum Gasteiger partial charge on any atom is 0.236 e. The summed E-state index contributed by atoms with van der Waals surface area (Å²) < 4.78 is 10.8. The molecule has 1 aromatic carbocycles. The monoisotopic (exact) mass is 345 g/mol. The molecule has 3 aliphatic heterocycles. The third-order valence-electron chi connectivity index (χ3n) is 5.38.